The number of rotatable bonds is 8. The van der Waals surface area contributed by atoms with Gasteiger partial charge in [-0.05, 0) is 92.9 Å². The highest BCUT2D eigenvalue weighted by Crippen LogP contribution is 2.29. The number of carbonyl (C=O) groups excluding carboxylic acids is 4. The molecule has 0 radical (unpaired) electrons. The van der Waals surface area contributed by atoms with Gasteiger partial charge in [-0.3, -0.25) is 9.59 Å². The van der Waals surface area contributed by atoms with Crippen molar-refractivity contribution in [2.75, 3.05) is 51.7 Å². The Bertz CT molecular complexity index is 1500. The van der Waals surface area contributed by atoms with Gasteiger partial charge in [0.25, 0.3) is 0 Å². The number of ether oxygens (including phenoxy) is 1. The number of methoxy groups -OCH3 is 1. The predicted molar refractivity (Wildman–Crippen MR) is 194 cm³/mol. The Morgan fingerprint density at radius 3 is 2.18 bits per heavy atom. The van der Waals surface area contributed by atoms with Crippen LogP contribution in [0.4, 0.5) is 15.3 Å². The molecule has 49 heavy (non-hydrogen) atoms. The van der Waals surface area contributed by atoms with E-state index in [9.17, 15) is 19.2 Å². The third-order valence-electron chi connectivity index (χ3n) is 10.6. The molecule has 5 amide bonds. The second kappa shape index (κ2) is 16.2. The average Bonchev–Trinajstić information content (AvgIpc) is 3.10. The smallest absolute Gasteiger partial charge is 0.322 e. The number of urea groups is 2. The van der Waals surface area contributed by atoms with Crippen molar-refractivity contribution in [3.05, 3.63) is 62.5 Å². The molecule has 0 aliphatic carbocycles. The quantitative estimate of drug-likeness (QED) is 0.336. The molecule has 0 saturated carbocycles. The number of hydrogen-bond acceptors (Lipinski definition) is 6. The fraction of sp³-hybridized carbons (Fsp3) is 0.556. The van der Waals surface area contributed by atoms with E-state index in [-0.39, 0.29) is 30.0 Å². The van der Waals surface area contributed by atoms with Crippen LogP contribution >= 0.6 is 31.9 Å². The number of para-hydroxylation sites is 1. The van der Waals surface area contributed by atoms with Crippen LogP contribution in [0.25, 0.3) is 0 Å². The Morgan fingerprint density at radius 2 is 1.51 bits per heavy atom. The van der Waals surface area contributed by atoms with Crippen LogP contribution in [0.15, 0.2) is 51.4 Å². The van der Waals surface area contributed by atoms with E-state index in [1.165, 1.54) is 7.11 Å². The summed E-state index contributed by atoms with van der Waals surface area (Å²) in [5.41, 5.74) is 2.89. The number of nitrogens with zero attached hydrogens (tertiary/aromatic N) is 4. The fourth-order valence-corrected chi connectivity index (χ4v) is 9.20. The molecule has 11 nitrogen and oxygen atoms in total. The van der Waals surface area contributed by atoms with Gasteiger partial charge in [0.15, 0.2) is 0 Å². The number of amides is 5. The maximum absolute atomic E-state index is 14.1. The minimum absolute atomic E-state index is 0.0359. The number of benzene rings is 2. The predicted octanol–water partition coefficient (Wildman–Crippen LogP) is 5.61. The highest BCUT2D eigenvalue weighted by molar-refractivity contribution is 9.11. The molecule has 3 fully saturated rings. The number of piperidine rings is 3. The normalized spacial score (nSPS) is 20.4. The second-order valence-electron chi connectivity index (χ2n) is 13.7. The monoisotopic (exact) mass is 800 g/mol. The van der Waals surface area contributed by atoms with Crippen molar-refractivity contribution in [2.24, 2.45) is 5.92 Å². The first-order valence-electron chi connectivity index (χ1n) is 17.4. The summed E-state index contributed by atoms with van der Waals surface area (Å²) < 4.78 is 6.66. The highest BCUT2D eigenvalue weighted by Gasteiger charge is 2.36. The van der Waals surface area contributed by atoms with Crippen molar-refractivity contribution in [2.45, 2.75) is 76.0 Å². The summed E-state index contributed by atoms with van der Waals surface area (Å²) in [6.07, 6.45) is 5.96. The molecule has 6 rings (SSSR count). The first-order valence-corrected chi connectivity index (χ1v) is 19.0. The van der Waals surface area contributed by atoms with Crippen molar-refractivity contribution in [1.82, 2.24) is 24.9 Å². The Kier molecular flexibility index (Phi) is 11.8. The van der Waals surface area contributed by atoms with Gasteiger partial charge in [0, 0.05) is 72.3 Å². The average molecular weight is 803 g/mol. The highest BCUT2D eigenvalue weighted by atomic mass is 79.9. The number of carbonyl (C=O) groups is 4. The van der Waals surface area contributed by atoms with E-state index >= 15 is 0 Å². The van der Waals surface area contributed by atoms with E-state index in [1.54, 1.807) is 4.90 Å². The molecule has 0 aromatic heterocycles. The van der Waals surface area contributed by atoms with E-state index in [4.69, 9.17) is 4.74 Å². The van der Waals surface area contributed by atoms with Crippen molar-refractivity contribution in [3.8, 4) is 0 Å². The summed E-state index contributed by atoms with van der Waals surface area (Å²) in [6, 6.07) is 13.2. The number of esters is 1. The second-order valence-corrected chi connectivity index (χ2v) is 15.6. The third kappa shape index (κ3) is 8.96. The van der Waals surface area contributed by atoms with Gasteiger partial charge in [-0.2, -0.15) is 0 Å². The lowest BCUT2D eigenvalue weighted by Crippen LogP contribution is -2.57. The SMILES string of the molecule is COC(=O)CC1CCN(C2CCN(C(=O)[C@H](Cc3cc(Br)cc(Br)c3)NC(=O)N3CCC(N4Cc5ccccc5NC4=O)CC3)CC2)CC1. The van der Waals surface area contributed by atoms with Crippen molar-refractivity contribution in [3.63, 3.8) is 0 Å². The van der Waals surface area contributed by atoms with Crippen LogP contribution in [-0.4, -0.2) is 108 Å². The maximum Gasteiger partial charge on any atom is 0.322 e. The lowest BCUT2D eigenvalue weighted by Gasteiger charge is -2.42. The number of halogens is 2. The van der Waals surface area contributed by atoms with Gasteiger partial charge in [-0.1, -0.05) is 50.1 Å². The lowest BCUT2D eigenvalue weighted by atomic mass is 9.91. The van der Waals surface area contributed by atoms with Gasteiger partial charge in [0.1, 0.15) is 6.04 Å². The van der Waals surface area contributed by atoms with Crippen LogP contribution in [0.2, 0.25) is 0 Å². The van der Waals surface area contributed by atoms with Crippen molar-refractivity contribution >= 4 is 61.5 Å². The molecule has 4 aliphatic heterocycles. The molecule has 1 atom stereocenters. The summed E-state index contributed by atoms with van der Waals surface area (Å²) in [7, 11) is 1.45. The number of nitrogens with one attached hydrogen (secondary N) is 2. The summed E-state index contributed by atoms with van der Waals surface area (Å²) >= 11 is 7.13. The molecular formula is C36H46Br2N6O5. The van der Waals surface area contributed by atoms with Gasteiger partial charge < -0.3 is 35.0 Å². The maximum atomic E-state index is 14.1. The zero-order valence-corrected chi connectivity index (χ0v) is 31.2. The number of anilines is 1. The Labute approximate surface area is 305 Å². The lowest BCUT2D eigenvalue weighted by molar-refractivity contribution is -0.142. The summed E-state index contributed by atoms with van der Waals surface area (Å²) in [5, 5.41) is 6.11. The van der Waals surface area contributed by atoms with E-state index in [2.05, 4.69) is 47.4 Å². The fourth-order valence-electron chi connectivity index (χ4n) is 7.82. The number of fused-ring (bicyclic) bond motifs is 1. The van der Waals surface area contributed by atoms with Crippen LogP contribution in [0.3, 0.4) is 0 Å². The molecular weight excluding hydrogens is 756 g/mol. The third-order valence-corrected chi connectivity index (χ3v) is 11.6. The summed E-state index contributed by atoms with van der Waals surface area (Å²) in [4.78, 5) is 60.5. The standard InChI is InChI=1S/C36H46Br2N6O5/c1-49-33(45)21-24-6-12-41(13-7-24)29-8-14-42(15-9-29)34(46)32(20-25-18-27(37)22-28(38)19-25)40-35(47)43-16-10-30(11-17-43)44-23-26-4-2-3-5-31(26)39-36(44)48/h2-5,18-19,22,24,29-30,32H,6-17,20-21,23H2,1H3,(H,39,48)(H,40,47)/t32-/m0/s1. The van der Waals surface area contributed by atoms with Crippen LogP contribution in [-0.2, 0) is 27.3 Å². The Hall–Kier alpha value is -3.16. The van der Waals surface area contributed by atoms with E-state index in [0.29, 0.717) is 70.4 Å². The van der Waals surface area contributed by atoms with E-state index < -0.39 is 6.04 Å². The van der Waals surface area contributed by atoms with Crippen LogP contribution < -0.4 is 10.6 Å². The summed E-state index contributed by atoms with van der Waals surface area (Å²) in [5.74, 6) is 0.183. The molecule has 13 heteroatoms. The van der Waals surface area contributed by atoms with Gasteiger partial charge in [-0.25, -0.2) is 9.59 Å². The molecule has 0 bridgehead atoms. The number of likely N-dealkylation sites (tertiary alicyclic amines) is 3. The van der Waals surface area contributed by atoms with Crippen molar-refractivity contribution in [1.29, 1.82) is 0 Å². The zero-order chi connectivity index (χ0) is 34.5. The Balaban J connectivity index is 1.05. The first kappa shape index (κ1) is 35.7. The molecule has 3 saturated heterocycles. The van der Waals surface area contributed by atoms with E-state index in [0.717, 1.165) is 64.5 Å². The minimum Gasteiger partial charge on any atom is -0.469 e. The molecule has 0 spiro atoms. The van der Waals surface area contributed by atoms with Crippen LogP contribution in [0.5, 0.6) is 0 Å². The molecule has 2 N–H and O–H groups in total. The van der Waals surface area contributed by atoms with Crippen LogP contribution in [0.1, 0.15) is 56.1 Å². The largest absolute Gasteiger partial charge is 0.469 e. The van der Waals surface area contributed by atoms with Gasteiger partial charge in [-0.15, -0.1) is 0 Å². The molecule has 264 valence electrons. The first-order chi connectivity index (χ1) is 23.7. The van der Waals surface area contributed by atoms with Crippen LogP contribution in [0, 0.1) is 5.92 Å². The minimum atomic E-state index is -0.707. The zero-order valence-electron chi connectivity index (χ0n) is 28.0. The molecule has 2 aromatic rings. The molecule has 4 heterocycles. The Morgan fingerprint density at radius 1 is 0.878 bits per heavy atom. The van der Waals surface area contributed by atoms with Gasteiger partial charge >= 0.3 is 18.0 Å². The number of hydrogen-bond donors (Lipinski definition) is 2. The van der Waals surface area contributed by atoms with Gasteiger partial charge in [0.2, 0.25) is 5.91 Å². The van der Waals surface area contributed by atoms with E-state index in [1.807, 2.05) is 52.3 Å². The van der Waals surface area contributed by atoms with Gasteiger partial charge in [0.05, 0.1) is 7.11 Å². The van der Waals surface area contributed by atoms with Crippen molar-refractivity contribution < 1.29 is 23.9 Å². The topological polar surface area (TPSA) is 115 Å². The molecule has 0 unspecified atom stereocenters. The molecule has 2 aromatic carbocycles. The summed E-state index contributed by atoms with van der Waals surface area (Å²) in [6.45, 7) is 4.79. The molecule has 4 aliphatic rings.